The molecule has 0 saturated carbocycles. The fourth-order valence-electron chi connectivity index (χ4n) is 8.13. The zero-order valence-electron chi connectivity index (χ0n) is 35.6. The highest BCUT2D eigenvalue weighted by atomic mass is 16.4. The van der Waals surface area contributed by atoms with Crippen LogP contribution in [0.2, 0.25) is 0 Å². The van der Waals surface area contributed by atoms with Crippen LogP contribution in [0.3, 0.4) is 0 Å². The predicted molar refractivity (Wildman–Crippen MR) is 236 cm³/mol. The Morgan fingerprint density at radius 1 is 0.793 bits per heavy atom. The first-order valence-corrected chi connectivity index (χ1v) is 21.2. The number of rotatable bonds is 20. The van der Waals surface area contributed by atoms with E-state index in [4.69, 9.17) is 9.97 Å². The Morgan fingerprint density at radius 3 is 2.05 bits per heavy atom. The summed E-state index contributed by atoms with van der Waals surface area (Å²) in [5, 5.41) is 23.6. The van der Waals surface area contributed by atoms with Crippen LogP contribution in [0.1, 0.15) is 136 Å². The van der Waals surface area contributed by atoms with Gasteiger partial charge in [0.05, 0.1) is 29.1 Å². The van der Waals surface area contributed by atoms with Gasteiger partial charge in [0.25, 0.3) is 0 Å². The number of aliphatic carboxylic acids is 1. The van der Waals surface area contributed by atoms with Gasteiger partial charge in [-0.15, -0.1) is 0 Å². The highest BCUT2D eigenvalue weighted by Crippen LogP contribution is 2.43. The standard InChI is InChI=1S/C46H64N8O4/c1-9-13-17-47-19-21-49-41(55)16-15-33-29(7)37-24-35-27(5)31(11-3)39(51-35)25-36-28(6)32(12-4)40(52-36)26-38-30(8)43(46(57)58)45(54-38)34(44(33)53-37)23-42(56)50-22-20-48-18-14-10-2/h11,24-26,29,33,47-48,51-52H,3,9-10,12-23H2,1-2,4-8H3,(H,49,55)(H,50,56)(H,57,58)/t29-,33-/m0/s1. The number of unbranched alkanes of at least 4 members (excludes halogenated alkanes) is 2. The first kappa shape index (κ1) is 44.0. The van der Waals surface area contributed by atoms with Crippen LogP contribution in [-0.2, 0) is 27.2 Å². The van der Waals surface area contributed by atoms with E-state index >= 15 is 0 Å². The maximum Gasteiger partial charge on any atom is 0.338 e. The van der Waals surface area contributed by atoms with Gasteiger partial charge >= 0.3 is 5.97 Å². The van der Waals surface area contributed by atoms with Crippen molar-refractivity contribution in [1.29, 1.82) is 0 Å². The van der Waals surface area contributed by atoms with Crippen molar-refractivity contribution in [1.82, 2.24) is 41.2 Å². The number of aromatic nitrogens is 4. The average Bonchev–Trinajstić information content (AvgIpc) is 3.88. The minimum absolute atomic E-state index is 0.0487. The maximum absolute atomic E-state index is 13.9. The summed E-state index contributed by atoms with van der Waals surface area (Å²) in [7, 11) is 0. The topological polar surface area (TPSA) is 177 Å². The lowest BCUT2D eigenvalue weighted by atomic mass is 9.84. The van der Waals surface area contributed by atoms with Crippen LogP contribution in [0.25, 0.3) is 39.3 Å². The molecule has 12 heteroatoms. The number of allylic oxidation sites excluding steroid dienone is 1. The molecule has 7 N–H and O–H groups in total. The van der Waals surface area contributed by atoms with Crippen LogP contribution in [0.4, 0.5) is 0 Å². The lowest BCUT2D eigenvalue weighted by molar-refractivity contribution is -0.130. The second-order valence-electron chi connectivity index (χ2n) is 15.6. The van der Waals surface area contributed by atoms with E-state index in [0.717, 1.165) is 95.2 Å². The highest BCUT2D eigenvalue weighted by molar-refractivity contribution is 6.24. The summed E-state index contributed by atoms with van der Waals surface area (Å²) >= 11 is 0. The number of nitrogens with zero attached hydrogens (tertiary/aromatic N) is 2. The summed E-state index contributed by atoms with van der Waals surface area (Å²) < 4.78 is 0. The van der Waals surface area contributed by atoms with Gasteiger partial charge in [0.1, 0.15) is 0 Å². The van der Waals surface area contributed by atoms with E-state index < -0.39 is 5.97 Å². The zero-order valence-corrected chi connectivity index (χ0v) is 35.6. The van der Waals surface area contributed by atoms with E-state index in [2.05, 4.69) is 85.4 Å². The zero-order chi connectivity index (χ0) is 41.9. The second-order valence-corrected chi connectivity index (χ2v) is 15.6. The van der Waals surface area contributed by atoms with Crippen molar-refractivity contribution in [3.05, 3.63) is 75.4 Å². The molecule has 2 amide bonds. The molecule has 3 aromatic heterocycles. The Morgan fingerprint density at radius 2 is 1.43 bits per heavy atom. The van der Waals surface area contributed by atoms with Gasteiger partial charge in [-0.25, -0.2) is 9.78 Å². The molecule has 8 bridgehead atoms. The van der Waals surface area contributed by atoms with Crippen LogP contribution in [0, 0.1) is 13.8 Å². The third-order valence-corrected chi connectivity index (χ3v) is 11.6. The van der Waals surface area contributed by atoms with Crippen molar-refractivity contribution in [2.75, 3.05) is 39.3 Å². The van der Waals surface area contributed by atoms with E-state index in [9.17, 15) is 19.5 Å². The summed E-state index contributed by atoms with van der Waals surface area (Å²) in [5.41, 5.74) is 10.9. The lowest BCUT2D eigenvalue weighted by Crippen LogP contribution is -2.33. The summed E-state index contributed by atoms with van der Waals surface area (Å²) in [4.78, 5) is 57.9. The van der Waals surface area contributed by atoms with Crippen LogP contribution < -0.4 is 21.3 Å². The van der Waals surface area contributed by atoms with Gasteiger partial charge in [0.15, 0.2) is 0 Å². The number of aromatic amines is 2. The molecule has 0 saturated heterocycles. The first-order valence-electron chi connectivity index (χ1n) is 21.2. The number of aryl methyl sites for hydroxylation is 3. The van der Waals surface area contributed by atoms with Gasteiger partial charge in [-0.3, -0.25) is 14.6 Å². The SMILES string of the molecule is C=Cc1c(C)c2cc3nc(c(CC(=O)NCCNCCCC)c4nc(cc5[nH]c(cc1[nH]2)c(C)c5CC)C(C)=C4C(=O)O)[C@@H](CCC(=O)NCCNCCCC)[C@@H]3C. The van der Waals surface area contributed by atoms with Crippen molar-refractivity contribution in [3.63, 3.8) is 0 Å². The molecule has 0 radical (unpaired) electrons. The van der Waals surface area contributed by atoms with E-state index in [0.29, 0.717) is 55.1 Å². The number of H-pyrrole nitrogens is 2. The number of nitrogens with one attached hydrogen (secondary N) is 6. The van der Waals surface area contributed by atoms with Crippen molar-refractivity contribution in [2.45, 2.75) is 112 Å². The monoisotopic (exact) mass is 793 g/mol. The van der Waals surface area contributed by atoms with E-state index in [1.54, 1.807) is 6.92 Å². The number of carbonyl (C=O) groups excluding carboxylic acids is 2. The molecule has 3 aromatic rings. The number of fused-ring (bicyclic) bond motifs is 8. The van der Waals surface area contributed by atoms with E-state index in [1.165, 1.54) is 0 Å². The summed E-state index contributed by atoms with van der Waals surface area (Å²) in [5.74, 6) is -1.89. The smallest absolute Gasteiger partial charge is 0.338 e. The van der Waals surface area contributed by atoms with Gasteiger partial charge < -0.3 is 36.3 Å². The van der Waals surface area contributed by atoms with Gasteiger partial charge in [0.2, 0.25) is 11.8 Å². The van der Waals surface area contributed by atoms with Gasteiger partial charge in [0, 0.05) is 83.3 Å². The Balaban J connectivity index is 1.73. The third-order valence-electron chi connectivity index (χ3n) is 11.6. The molecular weight excluding hydrogens is 729 g/mol. The Hall–Kier alpha value is -5.07. The molecule has 12 nitrogen and oxygen atoms in total. The number of hydrogen-bond donors (Lipinski definition) is 7. The maximum atomic E-state index is 13.9. The molecule has 0 aliphatic carbocycles. The quantitative estimate of drug-likeness (QED) is 0.0580. The van der Waals surface area contributed by atoms with Gasteiger partial charge in [-0.05, 0) is 100 Å². The highest BCUT2D eigenvalue weighted by Gasteiger charge is 2.35. The number of hydrogen-bond acceptors (Lipinski definition) is 7. The molecule has 0 spiro atoms. The van der Waals surface area contributed by atoms with Crippen molar-refractivity contribution in [3.8, 4) is 0 Å². The fourth-order valence-corrected chi connectivity index (χ4v) is 8.13. The Labute approximate surface area is 343 Å². The summed E-state index contributed by atoms with van der Waals surface area (Å²) in [6.45, 7) is 22.6. The molecule has 312 valence electrons. The molecular formula is C46H64N8O4. The molecule has 0 aromatic carbocycles. The minimum atomic E-state index is -1.12. The minimum Gasteiger partial charge on any atom is -0.478 e. The molecule has 5 heterocycles. The Bertz CT molecular complexity index is 2200. The summed E-state index contributed by atoms with van der Waals surface area (Å²) in [6.07, 6.45) is 7.50. The summed E-state index contributed by atoms with van der Waals surface area (Å²) in [6, 6.07) is 6.06. The third kappa shape index (κ3) is 10.1. The molecule has 5 rings (SSSR count). The van der Waals surface area contributed by atoms with Crippen LogP contribution in [0.15, 0.2) is 24.8 Å². The normalized spacial score (nSPS) is 15.2. The molecule has 0 fully saturated rings. The molecule has 2 aliphatic rings. The number of carboxylic acid groups (broad SMARTS) is 1. The second kappa shape index (κ2) is 20.6. The van der Waals surface area contributed by atoms with Crippen molar-refractivity contribution < 1.29 is 19.5 Å². The van der Waals surface area contributed by atoms with Crippen LogP contribution in [-0.4, -0.2) is 82.1 Å². The predicted octanol–water partition coefficient (Wildman–Crippen LogP) is 7.37. The van der Waals surface area contributed by atoms with Crippen molar-refractivity contribution in [2.24, 2.45) is 0 Å². The Kier molecular flexibility index (Phi) is 15.6. The number of carbonyl (C=O) groups is 3. The van der Waals surface area contributed by atoms with Crippen LogP contribution >= 0.6 is 0 Å². The fraction of sp³-hybridized carbons (Fsp3) is 0.500. The van der Waals surface area contributed by atoms with E-state index in [1.807, 2.05) is 18.2 Å². The molecule has 58 heavy (non-hydrogen) atoms. The largest absolute Gasteiger partial charge is 0.478 e. The molecule has 2 aliphatic heterocycles. The van der Waals surface area contributed by atoms with E-state index in [-0.39, 0.29) is 47.8 Å². The lowest BCUT2D eigenvalue weighted by Gasteiger charge is -2.19. The number of carboxylic acids is 1. The molecule has 2 atom stereocenters. The van der Waals surface area contributed by atoms with Gasteiger partial charge in [-0.2, -0.15) is 0 Å². The van der Waals surface area contributed by atoms with Gasteiger partial charge in [-0.1, -0.05) is 53.2 Å². The first-order chi connectivity index (χ1) is 27.9. The molecule has 0 unspecified atom stereocenters. The average molecular weight is 793 g/mol. The van der Waals surface area contributed by atoms with Crippen molar-refractivity contribution >= 4 is 57.1 Å². The van der Waals surface area contributed by atoms with Crippen LogP contribution in [0.5, 0.6) is 0 Å². The number of amides is 2.